The maximum Gasteiger partial charge on any atom is 0.272 e. The van der Waals surface area contributed by atoms with Crippen LogP contribution in [0.2, 0.25) is 0 Å². The van der Waals surface area contributed by atoms with Gasteiger partial charge in [0.05, 0.1) is 18.1 Å². The first kappa shape index (κ1) is 22.3. The second-order valence-corrected chi connectivity index (χ2v) is 7.89. The van der Waals surface area contributed by atoms with Gasteiger partial charge in [-0.15, -0.1) is 0 Å². The summed E-state index contributed by atoms with van der Waals surface area (Å²) in [6.07, 6.45) is 1.29. The highest BCUT2D eigenvalue weighted by atomic mass is 16.6. The molecule has 0 radical (unpaired) electrons. The van der Waals surface area contributed by atoms with Crippen LogP contribution in [0.3, 0.4) is 0 Å². The monoisotopic (exact) mass is 425 g/mol. The van der Waals surface area contributed by atoms with Crippen LogP contribution in [0.4, 0.5) is 5.69 Å². The molecule has 0 saturated carbocycles. The summed E-state index contributed by atoms with van der Waals surface area (Å²) in [6.45, 7) is 5.92. The summed E-state index contributed by atoms with van der Waals surface area (Å²) in [5.41, 5.74) is 2.65. The molecule has 164 valence electrons. The van der Waals surface area contributed by atoms with Crippen molar-refractivity contribution in [1.29, 1.82) is 0 Å². The van der Waals surface area contributed by atoms with E-state index in [-0.39, 0.29) is 23.5 Å². The van der Waals surface area contributed by atoms with E-state index in [1.54, 1.807) is 18.9 Å². The van der Waals surface area contributed by atoms with Crippen LogP contribution in [0.1, 0.15) is 52.9 Å². The molecule has 1 fully saturated rings. The van der Waals surface area contributed by atoms with Crippen molar-refractivity contribution in [3.8, 4) is 5.75 Å². The van der Waals surface area contributed by atoms with Gasteiger partial charge in [-0.1, -0.05) is 17.7 Å². The van der Waals surface area contributed by atoms with Gasteiger partial charge in [0.25, 0.3) is 11.6 Å². The Hall–Kier alpha value is -3.42. The topological polar surface area (TPSA) is 102 Å². The van der Waals surface area contributed by atoms with E-state index in [1.807, 2.05) is 32.0 Å². The molecule has 2 atom stereocenters. The molecule has 1 heterocycles. The van der Waals surface area contributed by atoms with E-state index in [2.05, 4.69) is 5.32 Å². The van der Waals surface area contributed by atoms with Crippen molar-refractivity contribution in [2.75, 3.05) is 13.7 Å². The molecule has 8 heteroatoms. The highest BCUT2D eigenvalue weighted by molar-refractivity contribution is 5.98. The molecule has 2 aromatic rings. The second-order valence-electron chi connectivity index (χ2n) is 7.89. The maximum absolute atomic E-state index is 13.1. The summed E-state index contributed by atoms with van der Waals surface area (Å²) < 4.78 is 5.42. The molecule has 0 bridgehead atoms. The van der Waals surface area contributed by atoms with Crippen LogP contribution in [0.25, 0.3) is 0 Å². The first-order valence-corrected chi connectivity index (χ1v) is 10.2. The lowest BCUT2D eigenvalue weighted by molar-refractivity contribution is -0.385. The second kappa shape index (κ2) is 9.16. The largest absolute Gasteiger partial charge is 0.496 e. The number of nitro groups is 1. The minimum absolute atomic E-state index is 0.0341. The fourth-order valence-electron chi connectivity index (χ4n) is 4.02. The molecule has 3 rings (SSSR count). The van der Waals surface area contributed by atoms with Gasteiger partial charge in [-0.25, -0.2) is 0 Å². The Labute approximate surface area is 181 Å². The van der Waals surface area contributed by atoms with Gasteiger partial charge < -0.3 is 15.0 Å². The third-order valence-electron chi connectivity index (χ3n) is 5.67. The fraction of sp³-hybridized carbons (Fsp3) is 0.391. The molecule has 8 nitrogen and oxygen atoms in total. The summed E-state index contributed by atoms with van der Waals surface area (Å²) >= 11 is 0. The number of hydrogen-bond donors (Lipinski definition) is 1. The average molecular weight is 425 g/mol. The van der Waals surface area contributed by atoms with Crippen LogP contribution >= 0.6 is 0 Å². The minimum Gasteiger partial charge on any atom is -0.496 e. The molecule has 0 aliphatic carbocycles. The molecular formula is C23H27N3O5. The van der Waals surface area contributed by atoms with Crippen molar-refractivity contribution in [3.05, 3.63) is 68.8 Å². The van der Waals surface area contributed by atoms with Crippen molar-refractivity contribution in [2.45, 2.75) is 45.7 Å². The van der Waals surface area contributed by atoms with E-state index < -0.39 is 11.0 Å². The molecule has 1 saturated heterocycles. The van der Waals surface area contributed by atoms with Crippen molar-refractivity contribution < 1.29 is 19.2 Å². The smallest absolute Gasteiger partial charge is 0.272 e. The molecule has 0 unspecified atom stereocenters. The van der Waals surface area contributed by atoms with Gasteiger partial charge in [0.15, 0.2) is 0 Å². The van der Waals surface area contributed by atoms with Gasteiger partial charge in [-0.2, -0.15) is 0 Å². The SMILES string of the molecule is COc1ccc(C)cc1[C@@H](C)NC(=O)[C@H]1CCCN1C(=O)c1ccc([N+](=O)[O-])c(C)c1. The average Bonchev–Trinajstić information content (AvgIpc) is 3.22. The van der Waals surface area contributed by atoms with Gasteiger partial charge in [-0.05, 0) is 51.8 Å². The number of methoxy groups -OCH3 is 1. The van der Waals surface area contributed by atoms with Crippen LogP contribution in [-0.4, -0.2) is 41.3 Å². The highest BCUT2D eigenvalue weighted by Crippen LogP contribution is 2.28. The number of carbonyl (C=O) groups is 2. The van der Waals surface area contributed by atoms with Crippen molar-refractivity contribution >= 4 is 17.5 Å². The molecule has 1 N–H and O–H groups in total. The lowest BCUT2D eigenvalue weighted by atomic mass is 10.0. The molecular weight excluding hydrogens is 398 g/mol. The summed E-state index contributed by atoms with van der Waals surface area (Å²) in [6, 6.07) is 9.20. The van der Waals surface area contributed by atoms with E-state index in [4.69, 9.17) is 4.74 Å². The number of nitrogens with one attached hydrogen (secondary N) is 1. The first-order valence-electron chi connectivity index (χ1n) is 10.2. The lowest BCUT2D eigenvalue weighted by Crippen LogP contribution is -2.46. The quantitative estimate of drug-likeness (QED) is 0.562. The maximum atomic E-state index is 13.1. The van der Waals surface area contributed by atoms with E-state index in [1.165, 1.54) is 18.2 Å². The first-order chi connectivity index (χ1) is 14.7. The molecule has 1 aliphatic rings. The lowest BCUT2D eigenvalue weighted by Gasteiger charge is -2.26. The van der Waals surface area contributed by atoms with Gasteiger partial charge in [-0.3, -0.25) is 19.7 Å². The number of amides is 2. The number of aryl methyl sites for hydroxylation is 2. The summed E-state index contributed by atoms with van der Waals surface area (Å²) in [5, 5.41) is 14.0. The third-order valence-corrected chi connectivity index (χ3v) is 5.67. The molecule has 2 amide bonds. The Morgan fingerprint density at radius 3 is 2.61 bits per heavy atom. The number of likely N-dealkylation sites (tertiary alicyclic amines) is 1. The van der Waals surface area contributed by atoms with Gasteiger partial charge in [0.2, 0.25) is 5.91 Å². The van der Waals surface area contributed by atoms with Crippen LogP contribution in [0.5, 0.6) is 5.75 Å². The predicted molar refractivity (Wildman–Crippen MR) is 116 cm³/mol. The Balaban J connectivity index is 1.76. The van der Waals surface area contributed by atoms with E-state index in [0.29, 0.717) is 29.8 Å². The molecule has 31 heavy (non-hydrogen) atoms. The number of ether oxygens (including phenoxy) is 1. The molecule has 0 spiro atoms. The Morgan fingerprint density at radius 1 is 1.23 bits per heavy atom. The van der Waals surface area contributed by atoms with Crippen LogP contribution in [0, 0.1) is 24.0 Å². The van der Waals surface area contributed by atoms with Crippen LogP contribution in [0.15, 0.2) is 36.4 Å². The van der Waals surface area contributed by atoms with Crippen LogP contribution < -0.4 is 10.1 Å². The van der Waals surface area contributed by atoms with Crippen LogP contribution in [-0.2, 0) is 4.79 Å². The Morgan fingerprint density at radius 2 is 1.97 bits per heavy atom. The number of benzene rings is 2. The summed E-state index contributed by atoms with van der Waals surface area (Å²) in [4.78, 5) is 38.2. The predicted octanol–water partition coefficient (Wildman–Crippen LogP) is 3.70. The molecule has 2 aromatic carbocycles. The normalized spacial score (nSPS) is 16.6. The van der Waals surface area contributed by atoms with E-state index >= 15 is 0 Å². The standard InChI is InChI=1S/C23H27N3O5/c1-14-7-10-21(31-4)18(12-14)16(3)24-22(27)20-6-5-11-25(20)23(28)17-8-9-19(26(29)30)15(2)13-17/h7-10,12-13,16,20H,5-6,11H2,1-4H3,(H,24,27)/t16-,20-/m1/s1. The van der Waals surface area contributed by atoms with E-state index in [9.17, 15) is 19.7 Å². The number of hydrogen-bond acceptors (Lipinski definition) is 5. The van der Waals surface area contributed by atoms with Gasteiger partial charge >= 0.3 is 0 Å². The summed E-state index contributed by atoms with van der Waals surface area (Å²) in [5.74, 6) is 0.177. The zero-order valence-electron chi connectivity index (χ0n) is 18.2. The fourth-order valence-corrected chi connectivity index (χ4v) is 4.02. The van der Waals surface area contributed by atoms with Gasteiger partial charge in [0, 0.05) is 29.3 Å². The Kier molecular flexibility index (Phi) is 6.58. The summed E-state index contributed by atoms with van der Waals surface area (Å²) in [7, 11) is 1.59. The van der Waals surface area contributed by atoms with Gasteiger partial charge in [0.1, 0.15) is 11.8 Å². The van der Waals surface area contributed by atoms with Crippen molar-refractivity contribution in [3.63, 3.8) is 0 Å². The molecule has 1 aliphatic heterocycles. The Bertz CT molecular complexity index is 1020. The number of nitrogens with zero attached hydrogens (tertiary/aromatic N) is 2. The zero-order valence-corrected chi connectivity index (χ0v) is 18.2. The van der Waals surface area contributed by atoms with Crippen molar-refractivity contribution in [2.24, 2.45) is 0 Å². The number of carbonyl (C=O) groups excluding carboxylic acids is 2. The zero-order chi connectivity index (χ0) is 22.7. The van der Waals surface area contributed by atoms with Crippen molar-refractivity contribution in [1.82, 2.24) is 10.2 Å². The third kappa shape index (κ3) is 4.68. The molecule has 0 aromatic heterocycles. The minimum atomic E-state index is -0.582. The number of rotatable bonds is 6. The highest BCUT2D eigenvalue weighted by Gasteiger charge is 2.35. The van der Waals surface area contributed by atoms with E-state index in [0.717, 1.165) is 17.5 Å². The number of nitro benzene ring substituents is 1.